The van der Waals surface area contributed by atoms with Gasteiger partial charge in [0, 0.05) is 22.5 Å². The van der Waals surface area contributed by atoms with Crippen LogP contribution in [-0.2, 0) is 22.1 Å². The Balaban J connectivity index is 1.48. The van der Waals surface area contributed by atoms with E-state index in [-0.39, 0.29) is 29.0 Å². The number of ether oxygens (including phenoxy) is 1. The number of hydrogen-bond donors (Lipinski definition) is 1. The molecule has 0 saturated heterocycles. The molecule has 3 aliphatic rings. The van der Waals surface area contributed by atoms with Crippen molar-refractivity contribution in [3.8, 4) is 0 Å². The van der Waals surface area contributed by atoms with E-state index in [1.54, 1.807) is 0 Å². The lowest BCUT2D eigenvalue weighted by Gasteiger charge is -2.37. The van der Waals surface area contributed by atoms with E-state index in [0.29, 0.717) is 12.5 Å². The third-order valence-electron chi connectivity index (χ3n) is 6.68. The predicted octanol–water partition coefficient (Wildman–Crippen LogP) is 3.58. The van der Waals surface area contributed by atoms with Crippen LogP contribution in [0.25, 0.3) is 0 Å². The highest BCUT2D eigenvalue weighted by molar-refractivity contribution is 7.84. The number of hydrogen-bond acceptors (Lipinski definition) is 3. The van der Waals surface area contributed by atoms with Crippen LogP contribution in [0.15, 0.2) is 29.1 Å². The van der Waals surface area contributed by atoms with Gasteiger partial charge >= 0.3 is 0 Å². The largest absolute Gasteiger partial charge is 0.376 e. The fourth-order valence-electron chi connectivity index (χ4n) is 4.75. The normalized spacial score (nSPS) is 31.0. The van der Waals surface area contributed by atoms with Gasteiger partial charge in [-0.3, -0.25) is 4.79 Å². The van der Waals surface area contributed by atoms with Crippen molar-refractivity contribution in [1.29, 1.82) is 0 Å². The second kappa shape index (κ2) is 9.27. The predicted molar refractivity (Wildman–Crippen MR) is 117 cm³/mol. The highest BCUT2D eigenvalue weighted by Gasteiger charge is 2.36. The van der Waals surface area contributed by atoms with Crippen LogP contribution in [0.1, 0.15) is 69.2 Å². The third kappa shape index (κ3) is 4.92. The highest BCUT2D eigenvalue weighted by atomic mass is 32.2. The number of nitrogens with zero attached hydrogens (tertiary/aromatic N) is 1. The molecule has 2 aliphatic carbocycles. The van der Waals surface area contributed by atoms with Gasteiger partial charge in [0.2, 0.25) is 0 Å². The van der Waals surface area contributed by atoms with Crippen molar-refractivity contribution in [2.75, 3.05) is 6.61 Å². The van der Waals surface area contributed by atoms with Crippen molar-refractivity contribution in [2.45, 2.75) is 88.7 Å². The Morgan fingerprint density at radius 1 is 1.17 bits per heavy atom. The first kappa shape index (κ1) is 21.0. The summed E-state index contributed by atoms with van der Waals surface area (Å²) < 4.78 is 24.2. The zero-order valence-corrected chi connectivity index (χ0v) is 18.5. The maximum absolute atomic E-state index is 13.0. The van der Waals surface area contributed by atoms with Gasteiger partial charge < -0.3 is 9.30 Å². The van der Waals surface area contributed by atoms with Gasteiger partial charge in [0.05, 0.1) is 29.7 Å². The van der Waals surface area contributed by atoms with E-state index in [0.717, 1.165) is 49.8 Å². The summed E-state index contributed by atoms with van der Waals surface area (Å²) in [5.74, 6) is 0.677. The summed E-state index contributed by atoms with van der Waals surface area (Å²) in [6.07, 6.45) is 13.0. The van der Waals surface area contributed by atoms with Crippen LogP contribution in [0.3, 0.4) is 0 Å². The lowest BCUT2D eigenvalue weighted by Crippen LogP contribution is -2.49. The van der Waals surface area contributed by atoms with Gasteiger partial charge in [0.25, 0.3) is 5.56 Å². The molecule has 1 aromatic rings. The highest BCUT2D eigenvalue weighted by Crippen LogP contribution is 2.31. The van der Waals surface area contributed by atoms with Crippen LogP contribution < -0.4 is 10.3 Å². The van der Waals surface area contributed by atoms with Crippen molar-refractivity contribution in [2.24, 2.45) is 5.92 Å². The summed E-state index contributed by atoms with van der Waals surface area (Å²) >= 11 is 0. The standard InChI is InChI=1S/C23H34N2O3S/c1-3-4-17-6-10-19(11-7-17)28-15-22-21(24-29(27)20-12-13-20)14-9-18-8-5-16(2)23(26)25(18)22/h3-5,8,17,19-22,24H,6-7,9-15H2,1-2H3/b4-3-. The molecule has 0 radical (unpaired) electrons. The summed E-state index contributed by atoms with van der Waals surface area (Å²) in [5.41, 5.74) is 1.90. The molecule has 1 aromatic heterocycles. The number of nitrogens with one attached hydrogen (secondary N) is 1. The Morgan fingerprint density at radius 2 is 1.93 bits per heavy atom. The Bertz CT molecular complexity index is 822. The molecule has 1 N–H and O–H groups in total. The van der Waals surface area contributed by atoms with Crippen molar-refractivity contribution in [3.05, 3.63) is 45.9 Å². The average molecular weight is 419 g/mol. The van der Waals surface area contributed by atoms with Gasteiger partial charge in [-0.05, 0) is 77.2 Å². The smallest absolute Gasteiger partial charge is 0.254 e. The number of rotatable bonds is 7. The molecule has 3 unspecified atom stereocenters. The minimum Gasteiger partial charge on any atom is -0.376 e. The Hall–Kier alpha value is -1.24. The Morgan fingerprint density at radius 3 is 2.62 bits per heavy atom. The zero-order chi connectivity index (χ0) is 20.4. The van der Waals surface area contributed by atoms with Crippen molar-refractivity contribution in [3.63, 3.8) is 0 Å². The molecule has 0 spiro atoms. The topological polar surface area (TPSA) is 60.3 Å². The summed E-state index contributed by atoms with van der Waals surface area (Å²) in [5, 5.41) is 0.286. The SMILES string of the molecule is C/C=C\C1CCC(OCC2C(NS(=O)C3CC3)CCc3ccc(C)c(=O)n32)CC1. The lowest BCUT2D eigenvalue weighted by molar-refractivity contribution is -0.00348. The molecule has 160 valence electrons. The lowest BCUT2D eigenvalue weighted by atomic mass is 9.87. The van der Waals surface area contributed by atoms with Gasteiger partial charge in [-0.25, -0.2) is 8.93 Å². The first-order valence-electron chi connectivity index (χ1n) is 11.2. The van der Waals surface area contributed by atoms with Crippen LogP contribution in [-0.4, -0.2) is 32.8 Å². The van der Waals surface area contributed by atoms with Gasteiger partial charge in [-0.15, -0.1) is 0 Å². The van der Waals surface area contributed by atoms with Gasteiger partial charge in [0.15, 0.2) is 0 Å². The van der Waals surface area contributed by atoms with Crippen LogP contribution >= 0.6 is 0 Å². The molecule has 0 aromatic carbocycles. The maximum atomic E-state index is 13.0. The Labute approximate surface area is 176 Å². The second-order valence-electron chi connectivity index (χ2n) is 8.91. The Kier molecular flexibility index (Phi) is 6.72. The molecule has 2 heterocycles. The van der Waals surface area contributed by atoms with E-state index in [9.17, 15) is 9.00 Å². The first-order valence-corrected chi connectivity index (χ1v) is 12.4. The monoisotopic (exact) mass is 418 g/mol. The number of fused-ring (bicyclic) bond motifs is 1. The minimum absolute atomic E-state index is 0.0165. The maximum Gasteiger partial charge on any atom is 0.254 e. The molecule has 0 amide bonds. The van der Waals surface area contributed by atoms with Crippen LogP contribution in [0.4, 0.5) is 0 Å². The minimum atomic E-state index is -1.01. The molecule has 4 rings (SSSR count). The van der Waals surface area contributed by atoms with Crippen LogP contribution in [0.5, 0.6) is 0 Å². The zero-order valence-electron chi connectivity index (χ0n) is 17.6. The van der Waals surface area contributed by atoms with E-state index in [4.69, 9.17) is 4.74 Å². The van der Waals surface area contributed by atoms with E-state index in [1.165, 1.54) is 12.8 Å². The average Bonchev–Trinajstić information content (AvgIpc) is 3.57. The van der Waals surface area contributed by atoms with Gasteiger partial charge in [-0.1, -0.05) is 18.2 Å². The number of aryl methyl sites for hydroxylation is 2. The van der Waals surface area contributed by atoms with E-state index in [1.807, 2.05) is 17.6 Å². The van der Waals surface area contributed by atoms with Crippen LogP contribution in [0, 0.1) is 12.8 Å². The summed E-state index contributed by atoms with van der Waals surface area (Å²) in [6.45, 7) is 4.46. The summed E-state index contributed by atoms with van der Waals surface area (Å²) in [6, 6.07) is 3.91. The van der Waals surface area contributed by atoms with Crippen molar-refractivity contribution >= 4 is 11.0 Å². The molecule has 2 saturated carbocycles. The molecular weight excluding hydrogens is 384 g/mol. The number of aromatic nitrogens is 1. The third-order valence-corrected chi connectivity index (χ3v) is 8.29. The van der Waals surface area contributed by atoms with E-state index in [2.05, 4.69) is 29.9 Å². The second-order valence-corrected chi connectivity index (χ2v) is 10.4. The van der Waals surface area contributed by atoms with E-state index < -0.39 is 11.0 Å². The summed E-state index contributed by atoms with van der Waals surface area (Å²) in [7, 11) is -1.01. The molecule has 0 bridgehead atoms. The van der Waals surface area contributed by atoms with Crippen molar-refractivity contribution < 1.29 is 8.95 Å². The quantitative estimate of drug-likeness (QED) is 0.689. The molecule has 5 nitrogen and oxygen atoms in total. The molecule has 2 fully saturated rings. The molecule has 1 aliphatic heterocycles. The first-order chi connectivity index (χ1) is 14.1. The number of allylic oxidation sites excluding steroid dienone is 2. The van der Waals surface area contributed by atoms with Crippen molar-refractivity contribution in [1.82, 2.24) is 9.29 Å². The van der Waals surface area contributed by atoms with E-state index >= 15 is 0 Å². The molecular formula is C23H34N2O3S. The summed E-state index contributed by atoms with van der Waals surface area (Å²) in [4.78, 5) is 13.0. The molecule has 6 heteroatoms. The molecule has 29 heavy (non-hydrogen) atoms. The van der Waals surface area contributed by atoms with Gasteiger partial charge in [-0.2, -0.15) is 0 Å². The van der Waals surface area contributed by atoms with Gasteiger partial charge in [0.1, 0.15) is 0 Å². The number of pyridine rings is 1. The molecule has 3 atom stereocenters. The fourth-order valence-corrected chi connectivity index (χ4v) is 6.08. The fraction of sp³-hybridized carbons (Fsp3) is 0.696. The van der Waals surface area contributed by atoms with Crippen LogP contribution in [0.2, 0.25) is 0 Å².